The Morgan fingerprint density at radius 2 is 1.94 bits per heavy atom. The quantitative estimate of drug-likeness (QED) is 0.694. The lowest BCUT2D eigenvalue weighted by Gasteiger charge is -2.06. The molecule has 1 amide bonds. The lowest BCUT2D eigenvalue weighted by molar-refractivity contribution is -0.114. The summed E-state index contributed by atoms with van der Waals surface area (Å²) in [6, 6.07) is 6.47. The number of nitrogens with one attached hydrogen (secondary N) is 1. The Hall–Kier alpha value is -1.20. The highest BCUT2D eigenvalue weighted by atomic mass is 31.2. The maximum atomic E-state index is 10.7. The first-order chi connectivity index (χ1) is 7.37. The fraction of sp³-hybridized carbons (Fsp3) is 0.222. The molecule has 0 aliphatic heterocycles. The summed E-state index contributed by atoms with van der Waals surface area (Å²) < 4.78 is 14.7. The van der Waals surface area contributed by atoms with Crippen molar-refractivity contribution in [2.45, 2.75) is 13.5 Å². The van der Waals surface area contributed by atoms with Crippen molar-refractivity contribution in [3.63, 3.8) is 0 Å². The minimum absolute atomic E-state index is 0.176. The minimum atomic E-state index is -4.44. The Kier molecular flexibility index (Phi) is 4.20. The molecule has 0 spiro atoms. The van der Waals surface area contributed by atoms with Crippen LogP contribution in [0.1, 0.15) is 12.5 Å². The van der Waals surface area contributed by atoms with Crippen LogP contribution in [0.2, 0.25) is 0 Å². The molecule has 16 heavy (non-hydrogen) atoms. The molecule has 0 radical (unpaired) electrons. The van der Waals surface area contributed by atoms with Crippen LogP contribution < -0.4 is 5.32 Å². The second-order valence-corrected chi connectivity index (χ2v) is 4.38. The molecular formula is C9H12NO5P. The van der Waals surface area contributed by atoms with Crippen LogP contribution in [0.5, 0.6) is 0 Å². The smallest absolute Gasteiger partial charge is 0.326 e. The summed E-state index contributed by atoms with van der Waals surface area (Å²) in [5, 5.41) is 2.57. The van der Waals surface area contributed by atoms with Crippen LogP contribution >= 0.6 is 7.82 Å². The van der Waals surface area contributed by atoms with Crippen molar-refractivity contribution in [3.05, 3.63) is 29.8 Å². The first-order valence-electron chi connectivity index (χ1n) is 4.43. The maximum Gasteiger partial charge on any atom is 0.469 e. The number of hydrogen-bond donors (Lipinski definition) is 3. The number of phosphoric acid groups is 1. The Morgan fingerprint density at radius 1 is 1.38 bits per heavy atom. The fourth-order valence-electron chi connectivity index (χ4n) is 1.05. The minimum Gasteiger partial charge on any atom is -0.326 e. The van der Waals surface area contributed by atoms with E-state index in [4.69, 9.17) is 9.79 Å². The summed E-state index contributed by atoms with van der Waals surface area (Å²) in [7, 11) is -4.44. The predicted octanol–water partition coefficient (Wildman–Crippen LogP) is 1.25. The molecule has 0 saturated carbocycles. The van der Waals surface area contributed by atoms with Crippen LogP contribution in [0.25, 0.3) is 0 Å². The van der Waals surface area contributed by atoms with Gasteiger partial charge in [-0.15, -0.1) is 0 Å². The van der Waals surface area contributed by atoms with Crippen LogP contribution in [0, 0.1) is 0 Å². The number of carbonyl (C=O) groups is 1. The molecule has 0 atom stereocenters. The Balaban J connectivity index is 2.58. The lowest BCUT2D eigenvalue weighted by atomic mass is 10.2. The Morgan fingerprint density at radius 3 is 2.38 bits per heavy atom. The molecule has 0 saturated heterocycles. The molecule has 0 aliphatic carbocycles. The van der Waals surface area contributed by atoms with Crippen molar-refractivity contribution < 1.29 is 23.7 Å². The van der Waals surface area contributed by atoms with Crippen molar-refractivity contribution >= 4 is 19.4 Å². The van der Waals surface area contributed by atoms with Crippen LogP contribution in [0.15, 0.2) is 24.3 Å². The van der Waals surface area contributed by atoms with Crippen molar-refractivity contribution in [2.75, 3.05) is 5.32 Å². The van der Waals surface area contributed by atoms with E-state index in [-0.39, 0.29) is 12.5 Å². The SMILES string of the molecule is CC(=O)Nc1ccc(COP(=O)(O)O)cc1. The van der Waals surface area contributed by atoms with Crippen LogP contribution in [-0.4, -0.2) is 15.7 Å². The summed E-state index contributed by atoms with van der Waals surface area (Å²) in [5.41, 5.74) is 1.23. The number of carbonyl (C=O) groups excluding carboxylic acids is 1. The zero-order valence-electron chi connectivity index (χ0n) is 8.58. The van der Waals surface area contributed by atoms with Crippen LogP contribution in [-0.2, 0) is 20.5 Å². The van der Waals surface area contributed by atoms with Gasteiger partial charge in [-0.05, 0) is 17.7 Å². The maximum absolute atomic E-state index is 10.7. The van der Waals surface area contributed by atoms with Crippen LogP contribution in [0.3, 0.4) is 0 Å². The molecule has 0 unspecified atom stereocenters. The van der Waals surface area contributed by atoms with E-state index in [1.54, 1.807) is 24.3 Å². The van der Waals surface area contributed by atoms with E-state index in [0.717, 1.165) is 0 Å². The fourth-order valence-corrected chi connectivity index (χ4v) is 1.36. The molecular weight excluding hydrogens is 233 g/mol. The summed E-state index contributed by atoms with van der Waals surface area (Å²) in [4.78, 5) is 27.7. The number of rotatable bonds is 4. The van der Waals surface area contributed by atoms with E-state index in [2.05, 4.69) is 9.84 Å². The molecule has 1 aromatic carbocycles. The average molecular weight is 245 g/mol. The van der Waals surface area contributed by atoms with Crippen molar-refractivity contribution in [1.29, 1.82) is 0 Å². The third-order valence-electron chi connectivity index (χ3n) is 1.67. The largest absolute Gasteiger partial charge is 0.469 e. The number of benzene rings is 1. The molecule has 0 bridgehead atoms. The molecule has 1 rings (SSSR count). The predicted molar refractivity (Wildman–Crippen MR) is 57.6 cm³/mol. The zero-order chi connectivity index (χ0) is 12.2. The molecule has 0 fully saturated rings. The topological polar surface area (TPSA) is 95.9 Å². The third kappa shape index (κ3) is 5.04. The van der Waals surface area contributed by atoms with Gasteiger partial charge in [-0.25, -0.2) is 4.57 Å². The summed E-state index contributed by atoms with van der Waals surface area (Å²) in [5.74, 6) is -0.181. The zero-order valence-corrected chi connectivity index (χ0v) is 9.48. The van der Waals surface area contributed by atoms with E-state index in [1.165, 1.54) is 6.92 Å². The molecule has 7 heteroatoms. The summed E-state index contributed by atoms with van der Waals surface area (Å²) >= 11 is 0. The van der Waals surface area contributed by atoms with E-state index < -0.39 is 7.82 Å². The number of hydrogen-bond acceptors (Lipinski definition) is 3. The lowest BCUT2D eigenvalue weighted by Crippen LogP contribution is -2.05. The molecule has 0 aliphatic rings. The van der Waals surface area contributed by atoms with Gasteiger partial charge in [-0.3, -0.25) is 9.32 Å². The van der Waals surface area contributed by atoms with Crippen molar-refractivity contribution in [3.8, 4) is 0 Å². The van der Waals surface area contributed by atoms with Gasteiger partial charge >= 0.3 is 7.82 Å². The van der Waals surface area contributed by atoms with E-state index in [0.29, 0.717) is 11.3 Å². The molecule has 6 nitrogen and oxygen atoms in total. The summed E-state index contributed by atoms with van der Waals surface area (Å²) in [6.45, 7) is 1.22. The standard InChI is InChI=1S/C9H12NO5P/c1-7(11)10-9-4-2-8(3-5-9)6-15-16(12,13)14/h2-5H,6H2,1H3,(H,10,11)(H2,12,13,14). The van der Waals surface area contributed by atoms with Crippen molar-refractivity contribution in [2.24, 2.45) is 0 Å². The van der Waals surface area contributed by atoms with Gasteiger partial charge in [0.2, 0.25) is 5.91 Å². The summed E-state index contributed by atoms with van der Waals surface area (Å²) in [6.07, 6.45) is 0. The van der Waals surface area contributed by atoms with Gasteiger partial charge < -0.3 is 15.1 Å². The highest BCUT2D eigenvalue weighted by molar-refractivity contribution is 7.46. The van der Waals surface area contributed by atoms with Gasteiger partial charge in [0.15, 0.2) is 0 Å². The van der Waals surface area contributed by atoms with Gasteiger partial charge in [0.05, 0.1) is 6.61 Å². The van der Waals surface area contributed by atoms with E-state index >= 15 is 0 Å². The van der Waals surface area contributed by atoms with Gasteiger partial charge in [0, 0.05) is 12.6 Å². The van der Waals surface area contributed by atoms with Crippen LogP contribution in [0.4, 0.5) is 5.69 Å². The highest BCUT2D eigenvalue weighted by Crippen LogP contribution is 2.36. The van der Waals surface area contributed by atoms with Gasteiger partial charge in [0.1, 0.15) is 0 Å². The highest BCUT2D eigenvalue weighted by Gasteiger charge is 2.13. The normalized spacial score (nSPS) is 11.2. The number of anilines is 1. The average Bonchev–Trinajstić information content (AvgIpc) is 2.14. The molecule has 88 valence electrons. The molecule has 1 aromatic rings. The third-order valence-corrected chi connectivity index (χ3v) is 2.14. The monoisotopic (exact) mass is 245 g/mol. The van der Waals surface area contributed by atoms with E-state index in [1.807, 2.05) is 0 Å². The number of phosphoric ester groups is 1. The Labute approximate surface area is 92.5 Å². The van der Waals surface area contributed by atoms with E-state index in [9.17, 15) is 9.36 Å². The van der Waals surface area contributed by atoms with Gasteiger partial charge in [-0.1, -0.05) is 12.1 Å². The number of amides is 1. The van der Waals surface area contributed by atoms with Crippen molar-refractivity contribution in [1.82, 2.24) is 0 Å². The molecule has 3 N–H and O–H groups in total. The first kappa shape index (κ1) is 12.9. The molecule has 0 aromatic heterocycles. The first-order valence-corrected chi connectivity index (χ1v) is 5.96. The second-order valence-electron chi connectivity index (χ2n) is 3.14. The van der Waals surface area contributed by atoms with Gasteiger partial charge in [-0.2, -0.15) is 0 Å². The molecule has 0 heterocycles. The Bertz CT molecular complexity index is 410. The van der Waals surface area contributed by atoms with Gasteiger partial charge in [0.25, 0.3) is 0 Å². The second kappa shape index (κ2) is 5.23.